The second kappa shape index (κ2) is 9.45. The molecule has 1 aliphatic heterocycles. The van der Waals surface area contributed by atoms with E-state index < -0.39 is 10.0 Å². The van der Waals surface area contributed by atoms with Gasteiger partial charge in [0.1, 0.15) is 17.7 Å². The summed E-state index contributed by atoms with van der Waals surface area (Å²) in [4.78, 5) is 2.58. The molecule has 2 atom stereocenters. The van der Waals surface area contributed by atoms with Crippen LogP contribution in [0.4, 0.5) is 4.39 Å². The maximum atomic E-state index is 14.7. The number of nitrogens with one attached hydrogen (secondary N) is 1. The van der Waals surface area contributed by atoms with Gasteiger partial charge in [-0.25, -0.2) is 17.5 Å². The van der Waals surface area contributed by atoms with E-state index in [4.69, 9.17) is 16.3 Å². The number of piperidine rings is 1. The molecule has 5 nitrogen and oxygen atoms in total. The highest BCUT2D eigenvalue weighted by atomic mass is 35.5. The fourth-order valence-corrected chi connectivity index (χ4v) is 5.84. The average Bonchev–Trinajstić information content (AvgIpc) is 3.12. The number of nitrogens with zero attached hydrogens (tertiary/aromatic N) is 1. The molecule has 1 heterocycles. The highest BCUT2D eigenvalue weighted by Crippen LogP contribution is 2.41. The number of ether oxygens (including phenoxy) is 1. The number of hydrogen-bond donors (Lipinski definition) is 1. The van der Waals surface area contributed by atoms with Gasteiger partial charge in [-0.1, -0.05) is 24.9 Å². The Balaban J connectivity index is 1.60. The zero-order valence-corrected chi connectivity index (χ0v) is 19.2. The second-order valence-corrected chi connectivity index (χ2v) is 10.4. The second-order valence-electron chi connectivity index (χ2n) is 8.23. The quantitative estimate of drug-likeness (QED) is 0.642. The molecule has 168 valence electrons. The Hall–Kier alpha value is -1.67. The zero-order chi connectivity index (χ0) is 22.0. The van der Waals surface area contributed by atoms with Gasteiger partial charge in [-0.15, -0.1) is 0 Å². The standard InChI is InChI=1S/C23H28ClFN2O3S/c1-2-10-26-31(28,29)18-8-6-17(7-9-18)30-23-20-13-16(24)14-21(25)19(20)15-22(23)27-11-4-3-5-12-27/h6-9,13-14,22-23,26H,2-5,10-12,15H2,1H3/t22-,23-/m0/s1. The van der Waals surface area contributed by atoms with Crippen LogP contribution in [0.1, 0.15) is 49.8 Å². The van der Waals surface area contributed by atoms with E-state index in [1.165, 1.54) is 24.6 Å². The van der Waals surface area contributed by atoms with Crippen LogP contribution in [0.5, 0.6) is 5.75 Å². The predicted octanol–water partition coefficient (Wildman–Crippen LogP) is 4.70. The Labute approximate surface area is 188 Å². The fourth-order valence-electron chi connectivity index (χ4n) is 4.49. The SMILES string of the molecule is CCCNS(=O)(=O)c1ccc(O[C@H]2c3cc(Cl)cc(F)c3C[C@@H]2N2CCCCC2)cc1. The zero-order valence-electron chi connectivity index (χ0n) is 17.6. The number of fused-ring (bicyclic) bond motifs is 1. The van der Waals surface area contributed by atoms with Crippen LogP contribution in [-0.2, 0) is 16.4 Å². The predicted molar refractivity (Wildman–Crippen MR) is 120 cm³/mol. The van der Waals surface area contributed by atoms with E-state index in [0.29, 0.717) is 29.3 Å². The number of hydrogen-bond acceptors (Lipinski definition) is 4. The first kappa shape index (κ1) is 22.5. The molecule has 1 N–H and O–H groups in total. The molecule has 1 fully saturated rings. The van der Waals surface area contributed by atoms with Crippen molar-refractivity contribution in [2.45, 2.75) is 56.1 Å². The van der Waals surface area contributed by atoms with Crippen molar-refractivity contribution in [1.29, 1.82) is 0 Å². The maximum absolute atomic E-state index is 14.7. The van der Waals surface area contributed by atoms with Crippen molar-refractivity contribution in [2.75, 3.05) is 19.6 Å². The highest BCUT2D eigenvalue weighted by Gasteiger charge is 2.40. The van der Waals surface area contributed by atoms with E-state index in [-0.39, 0.29) is 22.9 Å². The number of sulfonamides is 1. The van der Waals surface area contributed by atoms with E-state index in [0.717, 1.165) is 37.9 Å². The van der Waals surface area contributed by atoms with Crippen molar-refractivity contribution in [3.8, 4) is 5.75 Å². The molecule has 2 aromatic carbocycles. The molecule has 0 aromatic heterocycles. The Kier molecular flexibility index (Phi) is 6.86. The van der Waals surface area contributed by atoms with Crippen molar-refractivity contribution in [3.63, 3.8) is 0 Å². The van der Waals surface area contributed by atoms with Gasteiger partial charge in [0.25, 0.3) is 0 Å². The lowest BCUT2D eigenvalue weighted by molar-refractivity contribution is 0.0647. The first-order valence-electron chi connectivity index (χ1n) is 10.9. The van der Waals surface area contributed by atoms with Gasteiger partial charge in [-0.2, -0.15) is 0 Å². The summed E-state index contributed by atoms with van der Waals surface area (Å²) < 4.78 is 48.2. The fraction of sp³-hybridized carbons (Fsp3) is 0.478. The molecule has 0 unspecified atom stereocenters. The van der Waals surface area contributed by atoms with Gasteiger partial charge in [-0.3, -0.25) is 4.90 Å². The van der Waals surface area contributed by atoms with E-state index in [2.05, 4.69) is 9.62 Å². The summed E-state index contributed by atoms with van der Waals surface area (Å²) in [7, 11) is -3.54. The molecule has 0 bridgehead atoms. The average molecular weight is 467 g/mol. The molecular formula is C23H28ClFN2O3S. The van der Waals surface area contributed by atoms with E-state index in [9.17, 15) is 12.8 Å². The van der Waals surface area contributed by atoms with Gasteiger partial charge in [0, 0.05) is 17.1 Å². The summed E-state index contributed by atoms with van der Waals surface area (Å²) >= 11 is 6.16. The molecule has 1 saturated heterocycles. The van der Waals surface area contributed by atoms with Crippen molar-refractivity contribution in [1.82, 2.24) is 9.62 Å². The summed E-state index contributed by atoms with van der Waals surface area (Å²) in [5.74, 6) is 0.258. The van der Waals surface area contributed by atoms with Crippen LogP contribution < -0.4 is 9.46 Å². The van der Waals surface area contributed by atoms with Gasteiger partial charge < -0.3 is 4.74 Å². The van der Waals surface area contributed by atoms with E-state index >= 15 is 0 Å². The summed E-state index contributed by atoms with van der Waals surface area (Å²) in [6, 6.07) is 9.58. The molecule has 31 heavy (non-hydrogen) atoms. The molecule has 2 aliphatic rings. The van der Waals surface area contributed by atoms with Crippen LogP contribution in [0.25, 0.3) is 0 Å². The van der Waals surface area contributed by atoms with Gasteiger partial charge in [0.2, 0.25) is 10.0 Å². The van der Waals surface area contributed by atoms with Gasteiger partial charge in [0.15, 0.2) is 0 Å². The minimum absolute atomic E-state index is 0.0258. The lowest BCUT2D eigenvalue weighted by Gasteiger charge is -2.35. The first-order valence-corrected chi connectivity index (χ1v) is 12.7. The third-order valence-corrected chi connectivity index (χ3v) is 7.76. The largest absolute Gasteiger partial charge is 0.484 e. The number of likely N-dealkylation sites (tertiary alicyclic amines) is 1. The highest BCUT2D eigenvalue weighted by molar-refractivity contribution is 7.89. The minimum Gasteiger partial charge on any atom is -0.484 e. The lowest BCUT2D eigenvalue weighted by atomic mass is 10.0. The Morgan fingerprint density at radius 1 is 1.16 bits per heavy atom. The molecule has 8 heteroatoms. The Morgan fingerprint density at radius 3 is 2.55 bits per heavy atom. The number of benzene rings is 2. The third kappa shape index (κ3) is 4.90. The molecular weight excluding hydrogens is 439 g/mol. The summed E-state index contributed by atoms with van der Waals surface area (Å²) in [6.07, 6.45) is 4.40. The van der Waals surface area contributed by atoms with Crippen molar-refractivity contribution in [2.24, 2.45) is 0 Å². The molecule has 1 aliphatic carbocycles. The van der Waals surface area contributed by atoms with Crippen LogP contribution in [-0.4, -0.2) is 39.0 Å². The number of halogens is 2. The Bertz CT molecular complexity index is 1020. The van der Waals surface area contributed by atoms with E-state index in [1.807, 2.05) is 6.92 Å². The third-order valence-electron chi connectivity index (χ3n) is 6.06. The lowest BCUT2D eigenvalue weighted by Crippen LogP contribution is -2.43. The molecule has 0 spiro atoms. The minimum atomic E-state index is -3.54. The van der Waals surface area contributed by atoms with Gasteiger partial charge in [0.05, 0.1) is 10.9 Å². The van der Waals surface area contributed by atoms with Gasteiger partial charge in [-0.05, 0) is 80.7 Å². The van der Waals surface area contributed by atoms with Crippen LogP contribution in [0.2, 0.25) is 5.02 Å². The number of rotatable bonds is 7. The summed E-state index contributed by atoms with van der Waals surface area (Å²) in [6.45, 7) is 4.23. The van der Waals surface area contributed by atoms with Crippen molar-refractivity contribution >= 4 is 21.6 Å². The molecule has 2 aromatic rings. The van der Waals surface area contributed by atoms with Crippen molar-refractivity contribution < 1.29 is 17.5 Å². The molecule has 0 amide bonds. The first-order chi connectivity index (χ1) is 14.9. The molecule has 4 rings (SSSR count). The van der Waals surface area contributed by atoms with Gasteiger partial charge >= 0.3 is 0 Å². The van der Waals surface area contributed by atoms with Crippen LogP contribution >= 0.6 is 11.6 Å². The smallest absolute Gasteiger partial charge is 0.240 e. The molecule has 0 saturated carbocycles. The topological polar surface area (TPSA) is 58.6 Å². The van der Waals surface area contributed by atoms with Crippen molar-refractivity contribution in [3.05, 3.63) is 58.4 Å². The Morgan fingerprint density at radius 2 is 1.87 bits per heavy atom. The monoisotopic (exact) mass is 466 g/mol. The normalized spacial score (nSPS) is 21.8. The van der Waals surface area contributed by atoms with Crippen LogP contribution in [0.3, 0.4) is 0 Å². The van der Waals surface area contributed by atoms with Crippen LogP contribution in [0.15, 0.2) is 41.3 Å². The summed E-state index contributed by atoms with van der Waals surface area (Å²) in [5.41, 5.74) is 1.44. The maximum Gasteiger partial charge on any atom is 0.240 e. The molecule has 0 radical (unpaired) electrons. The summed E-state index contributed by atoms with van der Waals surface area (Å²) in [5, 5.41) is 0.354. The van der Waals surface area contributed by atoms with E-state index in [1.54, 1.807) is 18.2 Å². The van der Waals surface area contributed by atoms with Crippen LogP contribution in [0, 0.1) is 5.82 Å².